The van der Waals surface area contributed by atoms with E-state index in [0.29, 0.717) is 12.2 Å². The number of amides is 1. The Hall–Kier alpha value is -2.08. The summed E-state index contributed by atoms with van der Waals surface area (Å²) >= 11 is 0. The molecule has 0 saturated carbocycles. The van der Waals surface area contributed by atoms with Crippen LogP contribution in [0.2, 0.25) is 0 Å². The minimum atomic E-state index is -1.20. The van der Waals surface area contributed by atoms with Gasteiger partial charge >= 0.3 is 5.97 Å². The van der Waals surface area contributed by atoms with E-state index < -0.39 is 5.97 Å². The Bertz CT molecular complexity index is 495. The van der Waals surface area contributed by atoms with Crippen LogP contribution in [-0.2, 0) is 4.79 Å². The summed E-state index contributed by atoms with van der Waals surface area (Å²) in [6.45, 7) is 1.57. The fourth-order valence-electron chi connectivity index (χ4n) is 2.11. The summed E-state index contributed by atoms with van der Waals surface area (Å²) in [7, 11) is 0. The van der Waals surface area contributed by atoms with Gasteiger partial charge in [-0.25, -0.2) is 4.79 Å². The van der Waals surface area contributed by atoms with Crippen LogP contribution in [0.1, 0.15) is 23.2 Å². The van der Waals surface area contributed by atoms with Crippen LogP contribution in [0.5, 0.6) is 5.75 Å². The third-order valence-corrected chi connectivity index (χ3v) is 3.16. The first kappa shape index (κ1) is 13.4. The largest absolute Gasteiger partial charge is 0.507 e. The molecular weight excluding hydrogens is 248 g/mol. The normalized spacial score (nSPS) is 18.8. The lowest BCUT2D eigenvalue weighted by Crippen LogP contribution is -2.37. The quantitative estimate of drug-likeness (QED) is 0.653. The van der Waals surface area contributed by atoms with Crippen molar-refractivity contribution >= 4 is 17.6 Å². The van der Waals surface area contributed by atoms with Gasteiger partial charge in [-0.1, -0.05) is 0 Å². The number of nitrogens with one attached hydrogen (secondary N) is 2. The highest BCUT2D eigenvalue weighted by Crippen LogP contribution is 2.23. The standard InChI is InChI=1S/C13H16N2O4/c16-11-6-9(3-4-10(11)13(18)19)15-12(17)8-2-1-5-14-7-8/h3-4,6,8,14,16H,1-2,5,7H2,(H,15,17)(H,18,19)/t8-/m0/s1. The molecule has 2 rings (SSSR count). The lowest BCUT2D eigenvalue weighted by atomic mass is 9.99. The van der Waals surface area contributed by atoms with Gasteiger partial charge in [0.25, 0.3) is 0 Å². The number of carboxylic acid groups (broad SMARTS) is 1. The molecule has 1 aromatic carbocycles. The SMILES string of the molecule is O=C(O)c1ccc(NC(=O)[C@H]2CCCNC2)cc1O. The minimum absolute atomic E-state index is 0.0879. The first-order valence-electron chi connectivity index (χ1n) is 6.16. The van der Waals surface area contributed by atoms with Crippen molar-refractivity contribution in [2.24, 2.45) is 5.92 Å². The topological polar surface area (TPSA) is 98.7 Å². The van der Waals surface area contributed by atoms with Crippen molar-refractivity contribution in [1.82, 2.24) is 5.32 Å². The van der Waals surface area contributed by atoms with Crippen molar-refractivity contribution in [2.75, 3.05) is 18.4 Å². The molecule has 0 unspecified atom stereocenters. The second-order valence-corrected chi connectivity index (χ2v) is 4.57. The molecule has 0 radical (unpaired) electrons. The molecule has 1 amide bonds. The molecule has 4 N–H and O–H groups in total. The summed E-state index contributed by atoms with van der Waals surface area (Å²) in [5.74, 6) is -1.76. The molecule has 0 aromatic heterocycles. The van der Waals surface area contributed by atoms with Gasteiger partial charge in [0.05, 0.1) is 5.92 Å². The average Bonchev–Trinajstić information content (AvgIpc) is 2.39. The van der Waals surface area contributed by atoms with Crippen LogP contribution < -0.4 is 10.6 Å². The number of aromatic hydroxyl groups is 1. The molecule has 0 aliphatic carbocycles. The maximum atomic E-state index is 11.9. The minimum Gasteiger partial charge on any atom is -0.507 e. The Morgan fingerprint density at radius 3 is 2.74 bits per heavy atom. The number of hydrogen-bond acceptors (Lipinski definition) is 4. The Kier molecular flexibility index (Phi) is 4.01. The van der Waals surface area contributed by atoms with Crippen LogP contribution in [0, 0.1) is 5.92 Å². The molecule has 1 aliphatic heterocycles. The van der Waals surface area contributed by atoms with E-state index in [1.165, 1.54) is 18.2 Å². The van der Waals surface area contributed by atoms with E-state index in [1.54, 1.807) is 0 Å². The van der Waals surface area contributed by atoms with Gasteiger partial charge in [-0.2, -0.15) is 0 Å². The fourth-order valence-corrected chi connectivity index (χ4v) is 2.11. The van der Waals surface area contributed by atoms with Gasteiger partial charge in [-0.05, 0) is 31.5 Å². The van der Waals surface area contributed by atoms with Crippen LogP contribution in [0.15, 0.2) is 18.2 Å². The molecule has 6 nitrogen and oxygen atoms in total. The Labute approximate surface area is 110 Å². The number of anilines is 1. The van der Waals surface area contributed by atoms with Crippen LogP contribution in [0.4, 0.5) is 5.69 Å². The molecular formula is C13H16N2O4. The summed E-state index contributed by atoms with van der Waals surface area (Å²) in [6.07, 6.45) is 1.79. The lowest BCUT2D eigenvalue weighted by molar-refractivity contribution is -0.120. The number of carbonyl (C=O) groups is 2. The third kappa shape index (κ3) is 3.23. The first-order valence-corrected chi connectivity index (χ1v) is 6.16. The zero-order valence-corrected chi connectivity index (χ0v) is 10.3. The second kappa shape index (κ2) is 5.71. The molecule has 1 fully saturated rings. The Balaban J connectivity index is 2.04. The number of benzene rings is 1. The lowest BCUT2D eigenvalue weighted by Gasteiger charge is -2.21. The number of hydrogen-bond donors (Lipinski definition) is 4. The van der Waals surface area contributed by atoms with Crippen LogP contribution in [0.3, 0.4) is 0 Å². The van der Waals surface area contributed by atoms with Gasteiger partial charge in [0.15, 0.2) is 0 Å². The smallest absolute Gasteiger partial charge is 0.339 e. The van der Waals surface area contributed by atoms with Crippen molar-refractivity contribution in [3.63, 3.8) is 0 Å². The first-order chi connectivity index (χ1) is 9.08. The number of carboxylic acids is 1. The molecule has 102 valence electrons. The number of rotatable bonds is 3. The monoisotopic (exact) mass is 264 g/mol. The van der Waals surface area contributed by atoms with E-state index >= 15 is 0 Å². The van der Waals surface area contributed by atoms with Crippen LogP contribution in [0.25, 0.3) is 0 Å². The van der Waals surface area contributed by atoms with E-state index in [1.807, 2.05) is 0 Å². The molecule has 1 aliphatic rings. The van der Waals surface area contributed by atoms with Crippen molar-refractivity contribution in [3.8, 4) is 5.75 Å². The van der Waals surface area contributed by atoms with Gasteiger partial charge in [0.1, 0.15) is 11.3 Å². The molecule has 6 heteroatoms. The second-order valence-electron chi connectivity index (χ2n) is 4.57. The summed E-state index contributed by atoms with van der Waals surface area (Å²) in [5.41, 5.74) is 0.218. The fraction of sp³-hybridized carbons (Fsp3) is 0.385. The average molecular weight is 264 g/mol. The third-order valence-electron chi connectivity index (χ3n) is 3.16. The van der Waals surface area contributed by atoms with Crippen molar-refractivity contribution < 1.29 is 19.8 Å². The van der Waals surface area contributed by atoms with Gasteiger partial charge in [-0.15, -0.1) is 0 Å². The van der Waals surface area contributed by atoms with Crippen molar-refractivity contribution in [2.45, 2.75) is 12.8 Å². The zero-order valence-electron chi connectivity index (χ0n) is 10.3. The van der Waals surface area contributed by atoms with Gasteiger partial charge in [-0.3, -0.25) is 4.79 Å². The van der Waals surface area contributed by atoms with Gasteiger partial charge in [0, 0.05) is 18.3 Å². The number of piperidine rings is 1. The Morgan fingerprint density at radius 2 is 2.16 bits per heavy atom. The van der Waals surface area contributed by atoms with E-state index in [9.17, 15) is 14.7 Å². The van der Waals surface area contributed by atoms with E-state index in [4.69, 9.17) is 5.11 Å². The summed E-state index contributed by atoms with van der Waals surface area (Å²) < 4.78 is 0. The van der Waals surface area contributed by atoms with E-state index in [-0.39, 0.29) is 23.1 Å². The molecule has 1 atom stereocenters. The highest BCUT2D eigenvalue weighted by molar-refractivity contribution is 5.95. The zero-order chi connectivity index (χ0) is 13.8. The molecule has 0 bridgehead atoms. The van der Waals surface area contributed by atoms with E-state index in [0.717, 1.165) is 19.4 Å². The predicted molar refractivity (Wildman–Crippen MR) is 69.3 cm³/mol. The maximum absolute atomic E-state index is 11.9. The number of aromatic carboxylic acids is 1. The summed E-state index contributed by atoms with van der Waals surface area (Å²) in [6, 6.07) is 3.99. The molecule has 1 aromatic rings. The van der Waals surface area contributed by atoms with Gasteiger partial charge < -0.3 is 20.8 Å². The highest BCUT2D eigenvalue weighted by atomic mass is 16.4. The van der Waals surface area contributed by atoms with Crippen LogP contribution in [-0.4, -0.2) is 35.2 Å². The predicted octanol–water partition coefficient (Wildman–Crippen LogP) is 1.03. The number of phenols is 1. The van der Waals surface area contributed by atoms with Gasteiger partial charge in [0.2, 0.25) is 5.91 Å². The maximum Gasteiger partial charge on any atom is 0.339 e. The molecule has 1 heterocycles. The summed E-state index contributed by atoms with van der Waals surface area (Å²) in [4.78, 5) is 22.7. The molecule has 1 saturated heterocycles. The number of carbonyl (C=O) groups excluding carboxylic acids is 1. The van der Waals surface area contributed by atoms with E-state index in [2.05, 4.69) is 10.6 Å². The van der Waals surface area contributed by atoms with Crippen molar-refractivity contribution in [3.05, 3.63) is 23.8 Å². The highest BCUT2D eigenvalue weighted by Gasteiger charge is 2.21. The molecule has 0 spiro atoms. The van der Waals surface area contributed by atoms with Crippen LogP contribution >= 0.6 is 0 Å². The Morgan fingerprint density at radius 1 is 1.37 bits per heavy atom. The molecule has 19 heavy (non-hydrogen) atoms. The summed E-state index contributed by atoms with van der Waals surface area (Å²) in [5, 5.41) is 24.2. The van der Waals surface area contributed by atoms with Crippen molar-refractivity contribution in [1.29, 1.82) is 0 Å².